The van der Waals surface area contributed by atoms with E-state index in [4.69, 9.17) is 4.52 Å². The highest BCUT2D eigenvalue weighted by Crippen LogP contribution is 2.33. The maximum atomic E-state index is 5.16. The Balaban J connectivity index is 1.86. The third-order valence-electron chi connectivity index (χ3n) is 5.00. The third kappa shape index (κ3) is 3.35. The van der Waals surface area contributed by atoms with Crippen molar-refractivity contribution in [2.45, 2.75) is 58.9 Å². The molecule has 0 N–H and O–H groups in total. The van der Waals surface area contributed by atoms with Gasteiger partial charge in [0.2, 0.25) is 0 Å². The van der Waals surface area contributed by atoms with Crippen molar-refractivity contribution in [1.29, 1.82) is 0 Å². The van der Waals surface area contributed by atoms with Gasteiger partial charge in [-0.25, -0.2) is 0 Å². The molecule has 2 aromatic rings. The van der Waals surface area contributed by atoms with Crippen molar-refractivity contribution < 1.29 is 4.52 Å². The minimum absolute atomic E-state index is 0.691. The van der Waals surface area contributed by atoms with Crippen molar-refractivity contribution in [3.63, 3.8) is 0 Å². The number of fused-ring (bicyclic) bond motifs is 1. The van der Waals surface area contributed by atoms with Crippen LogP contribution in [-0.4, -0.2) is 29.2 Å². The molecule has 0 radical (unpaired) electrons. The van der Waals surface area contributed by atoms with Crippen LogP contribution < -0.4 is 0 Å². The fourth-order valence-corrected chi connectivity index (χ4v) is 3.92. The number of aromatic nitrogens is 1. The minimum atomic E-state index is 0.691. The minimum Gasteiger partial charge on any atom is -0.364 e. The summed E-state index contributed by atoms with van der Waals surface area (Å²) in [5.41, 5.74) is 6.38. The molecular weight excluding hydrogens is 284 g/mol. The van der Waals surface area contributed by atoms with Gasteiger partial charge in [0.05, 0.1) is 0 Å². The normalized spacial score (nSPS) is 17.5. The SMILES string of the molecule is CCCN(CCC)C1CCc2c(cccc2-c2nocc2C)C1. The van der Waals surface area contributed by atoms with E-state index >= 15 is 0 Å². The van der Waals surface area contributed by atoms with Crippen LogP contribution in [0.4, 0.5) is 0 Å². The van der Waals surface area contributed by atoms with E-state index in [1.54, 1.807) is 6.26 Å². The van der Waals surface area contributed by atoms with Crippen molar-refractivity contribution in [2.24, 2.45) is 0 Å². The zero-order valence-electron chi connectivity index (χ0n) is 14.6. The monoisotopic (exact) mass is 312 g/mol. The summed E-state index contributed by atoms with van der Waals surface area (Å²) < 4.78 is 5.16. The molecule has 1 aliphatic carbocycles. The maximum absolute atomic E-state index is 5.16. The van der Waals surface area contributed by atoms with Gasteiger partial charge in [-0.05, 0) is 63.2 Å². The fraction of sp³-hybridized carbons (Fsp3) is 0.550. The Hall–Kier alpha value is -1.61. The summed E-state index contributed by atoms with van der Waals surface area (Å²) in [6.07, 6.45) is 7.78. The van der Waals surface area contributed by atoms with Crippen LogP contribution in [0, 0.1) is 6.92 Å². The average molecular weight is 312 g/mol. The van der Waals surface area contributed by atoms with Crippen molar-refractivity contribution in [1.82, 2.24) is 10.1 Å². The van der Waals surface area contributed by atoms with E-state index in [0.29, 0.717) is 6.04 Å². The van der Waals surface area contributed by atoms with Gasteiger partial charge in [0.15, 0.2) is 0 Å². The first-order valence-electron chi connectivity index (χ1n) is 9.00. The zero-order chi connectivity index (χ0) is 16.2. The molecule has 1 aromatic heterocycles. The molecule has 1 aromatic carbocycles. The topological polar surface area (TPSA) is 29.3 Å². The largest absolute Gasteiger partial charge is 0.364 e. The second-order valence-corrected chi connectivity index (χ2v) is 6.72. The Morgan fingerprint density at radius 3 is 2.65 bits per heavy atom. The van der Waals surface area contributed by atoms with Gasteiger partial charge in [-0.1, -0.05) is 37.2 Å². The fourth-order valence-electron chi connectivity index (χ4n) is 3.92. The van der Waals surface area contributed by atoms with Gasteiger partial charge in [-0.3, -0.25) is 0 Å². The molecule has 3 heteroatoms. The molecular formula is C20H28N2O. The van der Waals surface area contributed by atoms with Gasteiger partial charge in [0.25, 0.3) is 0 Å². The smallest absolute Gasteiger partial charge is 0.127 e. The standard InChI is InChI=1S/C20H28N2O/c1-4-11-22(12-5-2)17-9-10-18-16(13-17)7-6-8-19(18)20-15(3)14-23-21-20/h6-8,14,17H,4-5,9-13H2,1-3H3. The first-order chi connectivity index (χ1) is 11.2. The molecule has 3 rings (SSSR count). The molecule has 0 aliphatic heterocycles. The van der Waals surface area contributed by atoms with E-state index in [1.807, 2.05) is 0 Å². The Morgan fingerprint density at radius 1 is 1.22 bits per heavy atom. The molecule has 1 atom stereocenters. The van der Waals surface area contributed by atoms with Crippen LogP contribution in [0.1, 0.15) is 49.8 Å². The number of rotatable bonds is 6. The van der Waals surface area contributed by atoms with Gasteiger partial charge in [0, 0.05) is 17.2 Å². The Kier molecular flexibility index (Phi) is 5.16. The van der Waals surface area contributed by atoms with E-state index in [2.05, 4.69) is 49.0 Å². The summed E-state index contributed by atoms with van der Waals surface area (Å²) in [4.78, 5) is 2.69. The molecule has 1 heterocycles. The summed E-state index contributed by atoms with van der Waals surface area (Å²) in [5, 5.41) is 4.22. The van der Waals surface area contributed by atoms with Crippen LogP contribution in [0.3, 0.4) is 0 Å². The Morgan fingerprint density at radius 2 is 2.00 bits per heavy atom. The molecule has 0 bridgehead atoms. The highest BCUT2D eigenvalue weighted by molar-refractivity contribution is 5.68. The molecule has 1 unspecified atom stereocenters. The summed E-state index contributed by atoms with van der Waals surface area (Å²) in [6, 6.07) is 7.36. The lowest BCUT2D eigenvalue weighted by Gasteiger charge is -2.35. The van der Waals surface area contributed by atoms with Crippen LogP contribution in [-0.2, 0) is 12.8 Å². The average Bonchev–Trinajstić information content (AvgIpc) is 2.99. The molecule has 0 amide bonds. The van der Waals surface area contributed by atoms with Crippen molar-refractivity contribution in [2.75, 3.05) is 13.1 Å². The number of benzene rings is 1. The highest BCUT2D eigenvalue weighted by Gasteiger charge is 2.26. The molecule has 1 aliphatic rings. The lowest BCUT2D eigenvalue weighted by atomic mass is 9.83. The van der Waals surface area contributed by atoms with E-state index in [0.717, 1.165) is 17.7 Å². The molecule has 0 saturated heterocycles. The molecule has 0 fully saturated rings. The summed E-state index contributed by atoms with van der Waals surface area (Å²) >= 11 is 0. The van der Waals surface area contributed by atoms with Crippen LogP contribution in [0.15, 0.2) is 29.0 Å². The second kappa shape index (κ2) is 7.31. The number of nitrogens with zero attached hydrogens (tertiary/aromatic N) is 2. The highest BCUT2D eigenvalue weighted by atomic mass is 16.5. The molecule has 0 spiro atoms. The van der Waals surface area contributed by atoms with Crippen LogP contribution in [0.5, 0.6) is 0 Å². The lowest BCUT2D eigenvalue weighted by molar-refractivity contribution is 0.180. The van der Waals surface area contributed by atoms with Gasteiger partial charge < -0.3 is 9.42 Å². The maximum Gasteiger partial charge on any atom is 0.127 e. The van der Waals surface area contributed by atoms with Crippen LogP contribution in [0.25, 0.3) is 11.3 Å². The second-order valence-electron chi connectivity index (χ2n) is 6.72. The van der Waals surface area contributed by atoms with Crippen molar-refractivity contribution >= 4 is 0 Å². The molecule has 3 nitrogen and oxygen atoms in total. The summed E-state index contributed by atoms with van der Waals surface area (Å²) in [6.45, 7) is 9.07. The van der Waals surface area contributed by atoms with Crippen molar-refractivity contribution in [3.05, 3.63) is 41.2 Å². The summed E-state index contributed by atoms with van der Waals surface area (Å²) in [5.74, 6) is 0. The predicted molar refractivity (Wildman–Crippen MR) is 94.6 cm³/mol. The molecule has 124 valence electrons. The first kappa shape index (κ1) is 16.3. The lowest BCUT2D eigenvalue weighted by Crippen LogP contribution is -2.40. The molecule has 23 heavy (non-hydrogen) atoms. The number of aryl methyl sites for hydroxylation is 1. The van der Waals surface area contributed by atoms with E-state index in [9.17, 15) is 0 Å². The number of hydrogen-bond donors (Lipinski definition) is 0. The van der Waals surface area contributed by atoms with E-state index in [1.165, 1.54) is 55.5 Å². The Labute approximate surface area is 139 Å². The van der Waals surface area contributed by atoms with Crippen LogP contribution in [0.2, 0.25) is 0 Å². The first-order valence-corrected chi connectivity index (χ1v) is 9.00. The van der Waals surface area contributed by atoms with Crippen molar-refractivity contribution in [3.8, 4) is 11.3 Å². The number of hydrogen-bond acceptors (Lipinski definition) is 3. The molecule has 0 saturated carbocycles. The quantitative estimate of drug-likeness (QED) is 0.779. The zero-order valence-corrected chi connectivity index (χ0v) is 14.6. The van der Waals surface area contributed by atoms with Gasteiger partial charge in [-0.2, -0.15) is 0 Å². The third-order valence-corrected chi connectivity index (χ3v) is 5.00. The van der Waals surface area contributed by atoms with E-state index in [-0.39, 0.29) is 0 Å². The summed E-state index contributed by atoms with van der Waals surface area (Å²) in [7, 11) is 0. The van der Waals surface area contributed by atoms with E-state index < -0.39 is 0 Å². The Bertz CT molecular complexity index is 641. The van der Waals surface area contributed by atoms with Crippen LogP contribution >= 0.6 is 0 Å². The van der Waals surface area contributed by atoms with Gasteiger partial charge in [-0.15, -0.1) is 0 Å². The van der Waals surface area contributed by atoms with Gasteiger partial charge >= 0.3 is 0 Å². The predicted octanol–water partition coefficient (Wildman–Crippen LogP) is 4.63. The van der Waals surface area contributed by atoms with Gasteiger partial charge in [0.1, 0.15) is 12.0 Å².